The first-order chi connectivity index (χ1) is 6.02. The first-order valence-electron chi connectivity index (χ1n) is 3.41. The van der Waals surface area contributed by atoms with Gasteiger partial charge in [0.25, 0.3) is 0 Å². The molecule has 0 amide bonds. The van der Waals surface area contributed by atoms with Crippen LogP contribution in [0.1, 0.15) is 5.56 Å². The number of alkyl halides is 2. The van der Waals surface area contributed by atoms with E-state index in [4.69, 9.17) is 23.2 Å². The van der Waals surface area contributed by atoms with Crippen molar-refractivity contribution in [3.05, 3.63) is 27.7 Å². The molecule has 0 bridgehead atoms. The Bertz CT molecular complexity index is 315. The van der Waals surface area contributed by atoms with Gasteiger partial charge in [-0.1, -0.05) is 29.3 Å². The maximum absolute atomic E-state index is 11.9. The number of hydrogen-bond donors (Lipinski definition) is 0. The summed E-state index contributed by atoms with van der Waals surface area (Å²) in [5.41, 5.74) is 0.640. The lowest BCUT2D eigenvalue weighted by Gasteiger charge is -2.09. The lowest BCUT2D eigenvalue weighted by molar-refractivity contribution is -0.0497. The van der Waals surface area contributed by atoms with Gasteiger partial charge in [0.2, 0.25) is 0 Å². The summed E-state index contributed by atoms with van der Waals surface area (Å²) in [6.45, 7) is -1.24. The van der Waals surface area contributed by atoms with Gasteiger partial charge in [-0.15, -0.1) is 0 Å². The maximum Gasteiger partial charge on any atom is 0.387 e. The van der Waals surface area contributed by atoms with E-state index in [2.05, 4.69) is 4.74 Å². The minimum Gasteiger partial charge on any atom is -0.432 e. The van der Waals surface area contributed by atoms with Crippen molar-refractivity contribution in [1.82, 2.24) is 0 Å². The quantitative estimate of drug-likeness (QED) is 0.744. The van der Waals surface area contributed by atoms with Crippen LogP contribution in [-0.2, 0) is 0 Å². The average molecular weight is 227 g/mol. The van der Waals surface area contributed by atoms with Crippen LogP contribution in [0.25, 0.3) is 0 Å². The van der Waals surface area contributed by atoms with E-state index in [1.807, 2.05) is 0 Å². The Hall–Kier alpha value is -0.540. The molecule has 0 aliphatic rings. The summed E-state index contributed by atoms with van der Waals surface area (Å²) in [5.74, 6) is -0.168. The molecule has 0 saturated heterocycles. The van der Waals surface area contributed by atoms with Gasteiger partial charge in [-0.25, -0.2) is 0 Å². The van der Waals surface area contributed by atoms with E-state index in [1.165, 1.54) is 6.07 Å². The molecule has 0 unspecified atom stereocenters. The summed E-state index contributed by atoms with van der Waals surface area (Å²) in [6.07, 6.45) is 0. The van der Waals surface area contributed by atoms with E-state index in [-0.39, 0.29) is 15.8 Å². The zero-order chi connectivity index (χ0) is 10.0. The molecule has 1 nitrogen and oxygen atoms in total. The molecule has 1 rings (SSSR count). The van der Waals surface area contributed by atoms with Crippen LogP contribution in [0.15, 0.2) is 12.1 Å². The zero-order valence-electron chi connectivity index (χ0n) is 6.65. The molecule has 1 aromatic rings. The molecule has 0 N–H and O–H groups in total. The van der Waals surface area contributed by atoms with E-state index >= 15 is 0 Å². The van der Waals surface area contributed by atoms with E-state index < -0.39 is 6.61 Å². The Balaban J connectivity index is 3.10. The van der Waals surface area contributed by atoms with Crippen LogP contribution >= 0.6 is 23.2 Å². The lowest BCUT2D eigenvalue weighted by Crippen LogP contribution is -2.03. The molecule has 0 heterocycles. The van der Waals surface area contributed by atoms with Gasteiger partial charge in [-0.05, 0) is 18.6 Å². The monoisotopic (exact) mass is 226 g/mol. The third kappa shape index (κ3) is 2.45. The Morgan fingerprint density at radius 3 is 2.46 bits per heavy atom. The van der Waals surface area contributed by atoms with Gasteiger partial charge >= 0.3 is 6.61 Å². The molecule has 0 radical (unpaired) electrons. The second-order valence-corrected chi connectivity index (χ2v) is 3.17. The third-order valence-corrected chi connectivity index (χ3v) is 2.22. The van der Waals surface area contributed by atoms with Crippen molar-refractivity contribution in [3.8, 4) is 5.75 Å². The standard InChI is InChI=1S/C8H6Cl2F2O/c1-4-2-3-5(9)7(6(4)10)13-8(11)12/h2-3,8H,1H3. The van der Waals surface area contributed by atoms with Crippen LogP contribution in [0, 0.1) is 6.92 Å². The highest BCUT2D eigenvalue weighted by Crippen LogP contribution is 2.35. The predicted molar refractivity (Wildman–Crippen MR) is 47.8 cm³/mol. The number of halogens is 4. The summed E-state index contributed by atoms with van der Waals surface area (Å²) < 4.78 is 27.9. The van der Waals surface area contributed by atoms with E-state index in [0.717, 1.165) is 0 Å². The summed E-state index contributed by atoms with van der Waals surface area (Å²) in [7, 11) is 0. The van der Waals surface area contributed by atoms with Crippen molar-refractivity contribution >= 4 is 23.2 Å². The first kappa shape index (κ1) is 10.5. The van der Waals surface area contributed by atoms with Crippen molar-refractivity contribution in [2.75, 3.05) is 0 Å². The van der Waals surface area contributed by atoms with Gasteiger partial charge in [0.15, 0.2) is 5.75 Å². The number of rotatable bonds is 2. The maximum atomic E-state index is 11.9. The summed E-state index contributed by atoms with van der Waals surface area (Å²) in [4.78, 5) is 0. The second-order valence-electron chi connectivity index (χ2n) is 2.39. The van der Waals surface area contributed by atoms with Gasteiger partial charge in [0, 0.05) is 0 Å². The lowest BCUT2D eigenvalue weighted by atomic mass is 10.2. The molecule has 13 heavy (non-hydrogen) atoms. The zero-order valence-corrected chi connectivity index (χ0v) is 8.16. The number of aryl methyl sites for hydroxylation is 1. The van der Waals surface area contributed by atoms with Crippen LogP contribution in [-0.4, -0.2) is 6.61 Å². The Kier molecular flexibility index (Phi) is 3.33. The van der Waals surface area contributed by atoms with E-state index in [9.17, 15) is 8.78 Å². The van der Waals surface area contributed by atoms with Crippen molar-refractivity contribution < 1.29 is 13.5 Å². The molecule has 0 fully saturated rings. The fraction of sp³-hybridized carbons (Fsp3) is 0.250. The normalized spacial score (nSPS) is 10.6. The average Bonchev–Trinajstić information content (AvgIpc) is 2.05. The second kappa shape index (κ2) is 4.11. The summed E-state index contributed by atoms with van der Waals surface area (Å²) >= 11 is 11.3. The molecule has 0 spiro atoms. The molecule has 1 aromatic carbocycles. The number of ether oxygens (including phenoxy) is 1. The smallest absolute Gasteiger partial charge is 0.387 e. The minimum absolute atomic E-state index is 0.0795. The van der Waals surface area contributed by atoms with Gasteiger partial charge in [-0.2, -0.15) is 8.78 Å². The third-order valence-electron chi connectivity index (χ3n) is 1.45. The van der Waals surface area contributed by atoms with Crippen molar-refractivity contribution in [2.24, 2.45) is 0 Å². The highest BCUT2D eigenvalue weighted by atomic mass is 35.5. The number of hydrogen-bond acceptors (Lipinski definition) is 1. The predicted octanol–water partition coefficient (Wildman–Crippen LogP) is 3.90. The minimum atomic E-state index is -2.92. The topological polar surface area (TPSA) is 9.23 Å². The van der Waals surface area contributed by atoms with E-state index in [0.29, 0.717) is 5.56 Å². The van der Waals surface area contributed by atoms with Crippen LogP contribution in [0.3, 0.4) is 0 Å². The Labute approximate surface area is 84.2 Å². The van der Waals surface area contributed by atoms with Crippen molar-refractivity contribution in [1.29, 1.82) is 0 Å². The van der Waals surface area contributed by atoms with Crippen molar-refractivity contribution in [2.45, 2.75) is 13.5 Å². The molecular weight excluding hydrogens is 221 g/mol. The van der Waals surface area contributed by atoms with Crippen LogP contribution < -0.4 is 4.74 Å². The molecule has 5 heteroatoms. The van der Waals surface area contributed by atoms with Crippen LogP contribution in [0.2, 0.25) is 10.0 Å². The van der Waals surface area contributed by atoms with Gasteiger partial charge in [0.05, 0.1) is 10.0 Å². The summed E-state index contributed by atoms with van der Waals surface area (Å²) in [5, 5.41) is 0.198. The summed E-state index contributed by atoms with van der Waals surface area (Å²) in [6, 6.07) is 3.09. The highest BCUT2D eigenvalue weighted by molar-refractivity contribution is 6.37. The molecule has 0 aliphatic carbocycles. The first-order valence-corrected chi connectivity index (χ1v) is 4.17. The molecule has 0 aliphatic heterocycles. The SMILES string of the molecule is Cc1ccc(Cl)c(OC(F)F)c1Cl. The molecular formula is C8H6Cl2F2O. The largest absolute Gasteiger partial charge is 0.432 e. The Morgan fingerprint density at radius 1 is 1.31 bits per heavy atom. The van der Waals surface area contributed by atoms with E-state index in [1.54, 1.807) is 13.0 Å². The molecule has 0 saturated carbocycles. The van der Waals surface area contributed by atoms with Crippen LogP contribution in [0.5, 0.6) is 5.75 Å². The van der Waals surface area contributed by atoms with Gasteiger partial charge in [-0.3, -0.25) is 0 Å². The fourth-order valence-electron chi connectivity index (χ4n) is 0.828. The highest BCUT2D eigenvalue weighted by Gasteiger charge is 2.13. The van der Waals surface area contributed by atoms with Crippen LogP contribution in [0.4, 0.5) is 8.78 Å². The van der Waals surface area contributed by atoms with Crippen molar-refractivity contribution in [3.63, 3.8) is 0 Å². The molecule has 0 aromatic heterocycles. The van der Waals surface area contributed by atoms with Gasteiger partial charge in [0.1, 0.15) is 0 Å². The fourth-order valence-corrected chi connectivity index (χ4v) is 1.29. The Morgan fingerprint density at radius 2 is 1.92 bits per heavy atom. The molecule has 72 valence electrons. The molecule has 0 atom stereocenters. The van der Waals surface area contributed by atoms with Gasteiger partial charge < -0.3 is 4.74 Å². The number of benzene rings is 1.